The van der Waals surface area contributed by atoms with Gasteiger partial charge in [-0.3, -0.25) is 0 Å². The lowest BCUT2D eigenvalue weighted by atomic mass is 10.2. The highest BCUT2D eigenvalue weighted by molar-refractivity contribution is 5.53. The van der Waals surface area contributed by atoms with E-state index in [0.29, 0.717) is 22.6 Å². The monoisotopic (exact) mass is 312 g/mol. The number of nitrogens with zero attached hydrogens (tertiary/aromatic N) is 2. The van der Waals surface area contributed by atoms with Crippen molar-refractivity contribution >= 4 is 0 Å². The average molecular weight is 312 g/mol. The molecule has 0 bridgehead atoms. The second kappa shape index (κ2) is 6.28. The van der Waals surface area contributed by atoms with Crippen LogP contribution in [-0.2, 0) is 6.61 Å². The predicted molar refractivity (Wildman–Crippen MR) is 77.3 cm³/mol. The molecule has 0 aliphatic heterocycles. The number of halogens is 2. The maximum atomic E-state index is 13.2. The molecule has 3 rings (SSSR count). The van der Waals surface area contributed by atoms with Gasteiger partial charge in [0, 0.05) is 5.56 Å². The molecule has 6 heteroatoms. The Bertz CT molecular complexity index is 884. The van der Waals surface area contributed by atoms with Crippen molar-refractivity contribution in [2.75, 3.05) is 0 Å². The molecule has 3 aromatic rings. The zero-order chi connectivity index (χ0) is 16.2. The first kappa shape index (κ1) is 14.7. The van der Waals surface area contributed by atoms with Crippen molar-refractivity contribution in [1.29, 1.82) is 5.26 Å². The van der Waals surface area contributed by atoms with Crippen LogP contribution in [0.1, 0.15) is 11.3 Å². The van der Waals surface area contributed by atoms with Crippen molar-refractivity contribution in [3.05, 3.63) is 71.6 Å². The zero-order valence-electron chi connectivity index (χ0n) is 11.8. The first-order valence-corrected chi connectivity index (χ1v) is 6.68. The molecular weight excluding hydrogens is 302 g/mol. The maximum absolute atomic E-state index is 13.2. The molecule has 0 fully saturated rings. The molecule has 0 atom stereocenters. The number of oxazole rings is 1. The van der Waals surface area contributed by atoms with E-state index in [9.17, 15) is 8.78 Å². The summed E-state index contributed by atoms with van der Waals surface area (Å²) >= 11 is 0. The summed E-state index contributed by atoms with van der Waals surface area (Å²) < 4.78 is 36.9. The molecule has 4 nitrogen and oxygen atoms in total. The van der Waals surface area contributed by atoms with Crippen LogP contribution in [0, 0.1) is 23.0 Å². The highest BCUT2D eigenvalue weighted by Crippen LogP contribution is 2.22. The van der Waals surface area contributed by atoms with E-state index in [1.165, 1.54) is 12.3 Å². The summed E-state index contributed by atoms with van der Waals surface area (Å²) in [6.07, 6.45) is 1.38. The van der Waals surface area contributed by atoms with Gasteiger partial charge in [0.25, 0.3) is 0 Å². The first-order valence-electron chi connectivity index (χ1n) is 6.68. The number of benzene rings is 2. The number of ether oxygens (including phenoxy) is 1. The van der Waals surface area contributed by atoms with Crippen LogP contribution in [0.25, 0.3) is 11.5 Å². The van der Waals surface area contributed by atoms with Gasteiger partial charge in [-0.25, -0.2) is 13.8 Å². The lowest BCUT2D eigenvalue weighted by Gasteiger charge is -2.03. The van der Waals surface area contributed by atoms with Gasteiger partial charge >= 0.3 is 0 Å². The van der Waals surface area contributed by atoms with Crippen LogP contribution in [0.2, 0.25) is 0 Å². The fourth-order valence-electron chi connectivity index (χ4n) is 1.95. The Morgan fingerprint density at radius 1 is 1.13 bits per heavy atom. The van der Waals surface area contributed by atoms with E-state index in [-0.39, 0.29) is 12.5 Å². The number of hydrogen-bond donors (Lipinski definition) is 0. The number of hydrogen-bond acceptors (Lipinski definition) is 4. The zero-order valence-corrected chi connectivity index (χ0v) is 11.8. The fraction of sp³-hybridized carbons (Fsp3) is 0.0588. The van der Waals surface area contributed by atoms with E-state index >= 15 is 0 Å². The Balaban J connectivity index is 1.72. The van der Waals surface area contributed by atoms with Crippen LogP contribution in [0.4, 0.5) is 8.78 Å². The Hall–Kier alpha value is -3.20. The topological polar surface area (TPSA) is 59.0 Å². The number of rotatable bonds is 4. The lowest BCUT2D eigenvalue weighted by Crippen LogP contribution is -1.96. The van der Waals surface area contributed by atoms with Gasteiger partial charge in [-0.1, -0.05) is 6.07 Å². The lowest BCUT2D eigenvalue weighted by molar-refractivity contribution is 0.301. The molecule has 1 heterocycles. The van der Waals surface area contributed by atoms with Crippen LogP contribution in [0.15, 0.2) is 53.1 Å². The van der Waals surface area contributed by atoms with E-state index < -0.39 is 11.6 Å². The molecule has 0 unspecified atom stereocenters. The molecule has 23 heavy (non-hydrogen) atoms. The van der Waals surface area contributed by atoms with Crippen molar-refractivity contribution in [1.82, 2.24) is 4.98 Å². The Morgan fingerprint density at radius 2 is 2.00 bits per heavy atom. The Labute approximate surface area is 130 Å². The second-order valence-electron chi connectivity index (χ2n) is 4.70. The summed E-state index contributed by atoms with van der Waals surface area (Å²) in [6, 6.07) is 12.1. The minimum atomic E-state index is -0.966. The van der Waals surface area contributed by atoms with E-state index in [0.717, 1.165) is 12.1 Å². The van der Waals surface area contributed by atoms with Gasteiger partial charge in [0.1, 0.15) is 24.3 Å². The van der Waals surface area contributed by atoms with E-state index in [4.69, 9.17) is 14.4 Å². The fourth-order valence-corrected chi connectivity index (χ4v) is 1.95. The molecule has 114 valence electrons. The standard InChI is InChI=1S/C17H10F2N2O2/c18-15-5-4-12(7-16(15)19)17-21-13(10-23-17)9-22-14-3-1-2-11(6-14)8-20/h1-7,10H,9H2. The third-order valence-corrected chi connectivity index (χ3v) is 3.07. The molecule has 0 radical (unpaired) electrons. The highest BCUT2D eigenvalue weighted by atomic mass is 19.2. The van der Waals surface area contributed by atoms with Crippen molar-refractivity contribution < 1.29 is 17.9 Å². The normalized spacial score (nSPS) is 10.3. The summed E-state index contributed by atoms with van der Waals surface area (Å²) in [6.45, 7) is 0.127. The second-order valence-corrected chi connectivity index (χ2v) is 4.70. The average Bonchev–Trinajstić information content (AvgIpc) is 3.05. The van der Waals surface area contributed by atoms with Crippen LogP contribution in [-0.4, -0.2) is 4.98 Å². The Kier molecular flexibility index (Phi) is 4.02. The summed E-state index contributed by atoms with van der Waals surface area (Å²) in [7, 11) is 0. The summed E-state index contributed by atoms with van der Waals surface area (Å²) in [5, 5.41) is 8.83. The Morgan fingerprint density at radius 3 is 2.78 bits per heavy atom. The van der Waals surface area contributed by atoms with Crippen LogP contribution >= 0.6 is 0 Å². The van der Waals surface area contributed by atoms with Gasteiger partial charge in [-0.2, -0.15) is 5.26 Å². The summed E-state index contributed by atoms with van der Waals surface area (Å²) in [4.78, 5) is 4.16. The van der Waals surface area contributed by atoms with Crippen molar-refractivity contribution in [3.8, 4) is 23.3 Å². The molecule has 0 N–H and O–H groups in total. The van der Waals surface area contributed by atoms with Crippen LogP contribution in [0.3, 0.4) is 0 Å². The number of aromatic nitrogens is 1. The minimum Gasteiger partial charge on any atom is -0.487 e. The summed E-state index contributed by atoms with van der Waals surface area (Å²) in [5.74, 6) is -1.19. The third-order valence-electron chi connectivity index (χ3n) is 3.07. The van der Waals surface area contributed by atoms with Crippen molar-refractivity contribution in [2.24, 2.45) is 0 Å². The molecule has 0 amide bonds. The molecule has 2 aromatic carbocycles. The van der Waals surface area contributed by atoms with Gasteiger partial charge in [0.05, 0.1) is 11.6 Å². The largest absolute Gasteiger partial charge is 0.487 e. The predicted octanol–water partition coefficient (Wildman–Crippen LogP) is 4.07. The molecule has 1 aromatic heterocycles. The third kappa shape index (κ3) is 3.35. The molecule has 0 aliphatic carbocycles. The number of nitriles is 1. The van der Waals surface area contributed by atoms with E-state index in [1.807, 2.05) is 6.07 Å². The van der Waals surface area contributed by atoms with Gasteiger partial charge in [-0.05, 0) is 36.4 Å². The smallest absolute Gasteiger partial charge is 0.226 e. The van der Waals surface area contributed by atoms with Crippen LogP contribution < -0.4 is 4.74 Å². The molecule has 0 saturated heterocycles. The van der Waals surface area contributed by atoms with Gasteiger partial charge in [0.15, 0.2) is 11.6 Å². The van der Waals surface area contributed by atoms with Crippen LogP contribution in [0.5, 0.6) is 5.75 Å². The molecular formula is C17H10F2N2O2. The maximum Gasteiger partial charge on any atom is 0.226 e. The molecule has 0 aliphatic rings. The van der Waals surface area contributed by atoms with Gasteiger partial charge in [-0.15, -0.1) is 0 Å². The first-order chi connectivity index (χ1) is 11.2. The molecule has 0 spiro atoms. The van der Waals surface area contributed by atoms with Crippen molar-refractivity contribution in [2.45, 2.75) is 6.61 Å². The van der Waals surface area contributed by atoms with Gasteiger partial charge < -0.3 is 9.15 Å². The summed E-state index contributed by atoms with van der Waals surface area (Å²) in [5.41, 5.74) is 1.32. The molecule has 0 saturated carbocycles. The van der Waals surface area contributed by atoms with Crippen molar-refractivity contribution in [3.63, 3.8) is 0 Å². The SMILES string of the molecule is N#Cc1cccc(OCc2coc(-c3ccc(F)c(F)c3)n2)c1. The quantitative estimate of drug-likeness (QED) is 0.728. The van der Waals surface area contributed by atoms with E-state index in [1.54, 1.807) is 24.3 Å². The van der Waals surface area contributed by atoms with Gasteiger partial charge in [0.2, 0.25) is 5.89 Å². The van der Waals surface area contributed by atoms with E-state index in [2.05, 4.69) is 4.98 Å². The highest BCUT2D eigenvalue weighted by Gasteiger charge is 2.10. The minimum absolute atomic E-state index is 0.127.